The summed E-state index contributed by atoms with van der Waals surface area (Å²) in [4.78, 5) is 19.7. The zero-order valence-electron chi connectivity index (χ0n) is 18.5. The average Bonchev–Trinajstić information content (AvgIpc) is 3.41. The van der Waals surface area contributed by atoms with Crippen molar-refractivity contribution in [1.82, 2.24) is 10.1 Å². The number of carbonyl (C=O) groups excluding carboxylic acids is 1. The third-order valence-corrected chi connectivity index (χ3v) is 6.68. The summed E-state index contributed by atoms with van der Waals surface area (Å²) in [5.41, 5.74) is 3.98. The van der Waals surface area contributed by atoms with Crippen LogP contribution >= 0.6 is 11.3 Å². The van der Waals surface area contributed by atoms with Gasteiger partial charge in [0.1, 0.15) is 18.1 Å². The van der Waals surface area contributed by atoms with E-state index in [9.17, 15) is 4.79 Å². The molecule has 0 spiro atoms. The average molecular weight is 465 g/mol. The zero-order chi connectivity index (χ0) is 22.8. The van der Waals surface area contributed by atoms with E-state index >= 15 is 0 Å². The Morgan fingerprint density at radius 1 is 1.15 bits per heavy atom. The number of hydrogen-bond donors (Lipinski definition) is 1. The maximum Gasteiger partial charge on any atom is 0.255 e. The molecule has 2 aromatic heterocycles. The number of fused-ring (bicyclic) bond motifs is 1. The predicted octanol–water partition coefficient (Wildman–Crippen LogP) is 4.57. The van der Waals surface area contributed by atoms with Gasteiger partial charge in [0.15, 0.2) is 5.13 Å². The lowest BCUT2D eigenvalue weighted by Gasteiger charge is -2.25. The number of aromatic nitrogens is 2. The second-order valence-electron chi connectivity index (χ2n) is 7.85. The monoisotopic (exact) mass is 464 g/mol. The summed E-state index contributed by atoms with van der Waals surface area (Å²) < 4.78 is 17.4. The van der Waals surface area contributed by atoms with Crippen molar-refractivity contribution in [3.63, 3.8) is 0 Å². The Balaban J connectivity index is 1.23. The fourth-order valence-corrected chi connectivity index (χ4v) is 4.71. The summed E-state index contributed by atoms with van der Waals surface area (Å²) in [7, 11) is 0. The quantitative estimate of drug-likeness (QED) is 0.447. The molecule has 1 amide bonds. The van der Waals surface area contributed by atoms with Gasteiger partial charge in [0.05, 0.1) is 34.7 Å². The minimum Gasteiger partial charge on any atom is -0.489 e. The maximum absolute atomic E-state index is 12.7. The number of benzene rings is 2. The van der Waals surface area contributed by atoms with Crippen LogP contribution in [0.1, 0.15) is 27.4 Å². The Hall–Kier alpha value is -3.43. The van der Waals surface area contributed by atoms with Crippen molar-refractivity contribution in [2.24, 2.45) is 0 Å². The van der Waals surface area contributed by atoms with Crippen molar-refractivity contribution in [3.05, 3.63) is 65.0 Å². The van der Waals surface area contributed by atoms with E-state index in [-0.39, 0.29) is 5.91 Å². The van der Waals surface area contributed by atoms with Crippen molar-refractivity contribution in [1.29, 1.82) is 0 Å². The molecule has 1 N–H and O–H groups in total. The molecule has 9 heteroatoms. The maximum atomic E-state index is 12.7. The number of thiazole rings is 1. The normalized spacial score (nSPS) is 13.9. The van der Waals surface area contributed by atoms with Crippen LogP contribution in [-0.2, 0) is 11.3 Å². The third-order valence-electron chi connectivity index (χ3n) is 5.60. The van der Waals surface area contributed by atoms with Gasteiger partial charge in [-0.15, -0.1) is 0 Å². The molecule has 0 atom stereocenters. The first-order valence-corrected chi connectivity index (χ1v) is 11.6. The van der Waals surface area contributed by atoms with E-state index in [4.69, 9.17) is 19.0 Å². The van der Waals surface area contributed by atoms with Crippen LogP contribution in [0, 0.1) is 13.8 Å². The molecule has 170 valence electrons. The van der Waals surface area contributed by atoms with Gasteiger partial charge in [0.25, 0.3) is 5.91 Å². The molecule has 1 fully saturated rings. The van der Waals surface area contributed by atoms with Gasteiger partial charge in [-0.3, -0.25) is 4.79 Å². The highest BCUT2D eigenvalue weighted by molar-refractivity contribution is 7.22. The molecule has 4 aromatic rings. The van der Waals surface area contributed by atoms with Crippen molar-refractivity contribution in [2.75, 3.05) is 36.5 Å². The van der Waals surface area contributed by atoms with Gasteiger partial charge in [-0.1, -0.05) is 16.5 Å². The molecule has 2 aromatic carbocycles. The molecule has 1 aliphatic rings. The number of carbonyl (C=O) groups is 1. The van der Waals surface area contributed by atoms with Gasteiger partial charge in [-0.05, 0) is 56.3 Å². The van der Waals surface area contributed by atoms with E-state index in [0.29, 0.717) is 17.9 Å². The van der Waals surface area contributed by atoms with Gasteiger partial charge < -0.3 is 24.2 Å². The fourth-order valence-electron chi connectivity index (χ4n) is 3.65. The predicted molar refractivity (Wildman–Crippen MR) is 127 cm³/mol. The highest BCUT2D eigenvalue weighted by atomic mass is 32.1. The van der Waals surface area contributed by atoms with E-state index in [1.807, 2.05) is 32.0 Å². The highest BCUT2D eigenvalue weighted by Crippen LogP contribution is 2.31. The van der Waals surface area contributed by atoms with E-state index in [0.717, 1.165) is 64.4 Å². The topological polar surface area (TPSA) is 89.7 Å². The van der Waals surface area contributed by atoms with E-state index in [1.54, 1.807) is 35.6 Å². The summed E-state index contributed by atoms with van der Waals surface area (Å²) in [5, 5.41) is 7.89. The summed E-state index contributed by atoms with van der Waals surface area (Å²) in [6, 6.07) is 12.9. The van der Waals surface area contributed by atoms with Crippen LogP contribution in [0.25, 0.3) is 10.2 Å². The van der Waals surface area contributed by atoms with E-state index in [1.165, 1.54) is 0 Å². The summed E-state index contributed by atoms with van der Waals surface area (Å²) >= 11 is 1.63. The molecular formula is C24H24N4O4S. The Bertz CT molecular complexity index is 1260. The molecule has 33 heavy (non-hydrogen) atoms. The molecule has 3 heterocycles. The van der Waals surface area contributed by atoms with Crippen molar-refractivity contribution < 1.29 is 18.8 Å². The van der Waals surface area contributed by atoms with Crippen molar-refractivity contribution in [2.45, 2.75) is 20.5 Å². The Labute approximate surface area is 195 Å². The smallest absolute Gasteiger partial charge is 0.255 e. The van der Waals surface area contributed by atoms with Gasteiger partial charge >= 0.3 is 0 Å². The molecule has 0 bridgehead atoms. The summed E-state index contributed by atoms with van der Waals surface area (Å²) in [6.45, 7) is 7.26. The number of nitrogens with one attached hydrogen (secondary N) is 1. The van der Waals surface area contributed by atoms with Crippen LogP contribution < -0.4 is 15.0 Å². The van der Waals surface area contributed by atoms with Crippen LogP contribution in [0.2, 0.25) is 0 Å². The standard InChI is InChI=1S/C24H24N4O4S/c1-15-20(16(2)32-27-15)14-31-19-6-3-17(4-7-19)23(29)25-18-5-8-21-22(13-18)33-24(26-21)28-9-11-30-12-10-28/h3-8,13H,9-12,14H2,1-2H3,(H,25,29). The first kappa shape index (κ1) is 21.4. The van der Waals surface area contributed by atoms with Crippen LogP contribution in [0.3, 0.4) is 0 Å². The van der Waals surface area contributed by atoms with Crippen LogP contribution in [0.15, 0.2) is 47.0 Å². The zero-order valence-corrected chi connectivity index (χ0v) is 19.3. The molecule has 0 radical (unpaired) electrons. The second kappa shape index (κ2) is 9.21. The highest BCUT2D eigenvalue weighted by Gasteiger charge is 2.16. The minimum atomic E-state index is -0.176. The number of nitrogens with zero attached hydrogens (tertiary/aromatic N) is 3. The first-order chi connectivity index (χ1) is 16.1. The molecule has 1 aliphatic heterocycles. The Kier molecular flexibility index (Phi) is 5.97. The number of hydrogen-bond acceptors (Lipinski definition) is 8. The minimum absolute atomic E-state index is 0.176. The Morgan fingerprint density at radius 3 is 2.67 bits per heavy atom. The van der Waals surface area contributed by atoms with Crippen molar-refractivity contribution in [3.8, 4) is 5.75 Å². The van der Waals surface area contributed by atoms with Gasteiger partial charge in [-0.2, -0.15) is 0 Å². The molecule has 8 nitrogen and oxygen atoms in total. The summed E-state index contributed by atoms with van der Waals surface area (Å²) in [5.74, 6) is 1.25. The number of aryl methyl sites for hydroxylation is 2. The lowest BCUT2D eigenvalue weighted by molar-refractivity contribution is 0.102. The number of amides is 1. The van der Waals surface area contributed by atoms with E-state index in [2.05, 4.69) is 15.4 Å². The first-order valence-electron chi connectivity index (χ1n) is 10.8. The molecule has 0 aliphatic carbocycles. The third kappa shape index (κ3) is 4.69. The lowest BCUT2D eigenvalue weighted by Crippen LogP contribution is -2.36. The van der Waals surface area contributed by atoms with Gasteiger partial charge in [0, 0.05) is 24.3 Å². The molecular weight excluding hydrogens is 440 g/mol. The number of morpholine rings is 1. The molecule has 0 saturated carbocycles. The SMILES string of the molecule is Cc1noc(C)c1COc1ccc(C(=O)Nc2ccc3nc(N4CCOCC4)sc3c2)cc1. The summed E-state index contributed by atoms with van der Waals surface area (Å²) in [6.07, 6.45) is 0. The number of ether oxygens (including phenoxy) is 2. The van der Waals surface area contributed by atoms with E-state index < -0.39 is 0 Å². The number of anilines is 2. The van der Waals surface area contributed by atoms with Crippen LogP contribution in [-0.4, -0.2) is 42.4 Å². The largest absolute Gasteiger partial charge is 0.489 e. The molecule has 0 unspecified atom stereocenters. The van der Waals surface area contributed by atoms with Crippen LogP contribution in [0.4, 0.5) is 10.8 Å². The van der Waals surface area contributed by atoms with Crippen LogP contribution in [0.5, 0.6) is 5.75 Å². The second-order valence-corrected chi connectivity index (χ2v) is 8.86. The van der Waals surface area contributed by atoms with Crippen molar-refractivity contribution >= 4 is 38.3 Å². The van der Waals surface area contributed by atoms with Gasteiger partial charge in [-0.25, -0.2) is 4.98 Å². The Morgan fingerprint density at radius 2 is 1.94 bits per heavy atom. The number of rotatable bonds is 6. The fraction of sp³-hybridized carbons (Fsp3) is 0.292. The molecule has 1 saturated heterocycles. The molecule has 5 rings (SSSR count). The van der Waals surface area contributed by atoms with Gasteiger partial charge in [0.2, 0.25) is 0 Å². The lowest BCUT2D eigenvalue weighted by atomic mass is 10.2.